The maximum atomic E-state index is 12.2. The van der Waals surface area contributed by atoms with Crippen LogP contribution in [0.4, 0.5) is 0 Å². The molecule has 7 nitrogen and oxygen atoms in total. The molecule has 4 rings (SSSR count). The van der Waals surface area contributed by atoms with E-state index in [1.807, 2.05) is 56.3 Å². The van der Waals surface area contributed by atoms with E-state index in [0.29, 0.717) is 17.5 Å². The molecular formula is C21H20N4O3. The number of H-pyrrole nitrogens is 1. The predicted octanol–water partition coefficient (Wildman–Crippen LogP) is 1.81. The van der Waals surface area contributed by atoms with Crippen molar-refractivity contribution < 1.29 is 5.11 Å². The lowest BCUT2D eigenvalue weighted by molar-refractivity contribution is 0.156. The first-order chi connectivity index (χ1) is 13.4. The zero-order valence-electron chi connectivity index (χ0n) is 15.6. The highest BCUT2D eigenvalue weighted by atomic mass is 16.3. The first-order valence-electron chi connectivity index (χ1n) is 9.05. The highest BCUT2D eigenvalue weighted by Gasteiger charge is 2.20. The maximum absolute atomic E-state index is 12.2. The third-order valence-electron chi connectivity index (χ3n) is 4.75. The van der Waals surface area contributed by atoms with E-state index >= 15 is 0 Å². The van der Waals surface area contributed by atoms with Crippen LogP contribution in [0.2, 0.25) is 0 Å². The van der Waals surface area contributed by atoms with E-state index in [2.05, 4.69) is 15.0 Å². The van der Waals surface area contributed by atoms with Crippen molar-refractivity contribution >= 4 is 11.0 Å². The molecular weight excluding hydrogens is 356 g/mol. The molecule has 0 fully saturated rings. The number of aromatic nitrogens is 4. The Balaban J connectivity index is 1.82. The first kappa shape index (κ1) is 18.1. The SMILES string of the molecule is Cc1ccc(CC(O)Cn2c3nc(=O)[nH]c(=O)c-3nc3ccc(C)cc32)cc1. The van der Waals surface area contributed by atoms with E-state index < -0.39 is 17.4 Å². The Morgan fingerprint density at radius 3 is 2.50 bits per heavy atom. The number of aliphatic hydroxyl groups excluding tert-OH is 1. The molecule has 2 heterocycles. The number of aliphatic hydroxyl groups is 1. The average molecular weight is 376 g/mol. The van der Waals surface area contributed by atoms with Gasteiger partial charge in [0, 0.05) is 6.42 Å². The summed E-state index contributed by atoms with van der Waals surface area (Å²) in [5.41, 5.74) is 3.25. The van der Waals surface area contributed by atoms with Crippen molar-refractivity contribution in [2.45, 2.75) is 32.9 Å². The van der Waals surface area contributed by atoms with Crippen LogP contribution in [0.3, 0.4) is 0 Å². The zero-order chi connectivity index (χ0) is 19.8. The summed E-state index contributed by atoms with van der Waals surface area (Å²) in [7, 11) is 0. The minimum atomic E-state index is -0.729. The monoisotopic (exact) mass is 376 g/mol. The summed E-state index contributed by atoms with van der Waals surface area (Å²) in [4.78, 5) is 34.5. The summed E-state index contributed by atoms with van der Waals surface area (Å²) in [6, 6.07) is 13.6. The fourth-order valence-electron chi connectivity index (χ4n) is 3.36. The van der Waals surface area contributed by atoms with Gasteiger partial charge in [0.25, 0.3) is 5.56 Å². The van der Waals surface area contributed by atoms with Crippen LogP contribution in [0.15, 0.2) is 52.1 Å². The maximum Gasteiger partial charge on any atom is 0.349 e. The van der Waals surface area contributed by atoms with Gasteiger partial charge in [0.05, 0.1) is 23.7 Å². The molecule has 0 radical (unpaired) electrons. The Morgan fingerprint density at radius 1 is 1.04 bits per heavy atom. The van der Waals surface area contributed by atoms with Gasteiger partial charge in [-0.1, -0.05) is 35.9 Å². The second-order valence-corrected chi connectivity index (χ2v) is 7.10. The largest absolute Gasteiger partial charge is 0.391 e. The molecule has 1 atom stereocenters. The molecule has 0 aromatic heterocycles. The van der Waals surface area contributed by atoms with Crippen molar-refractivity contribution in [1.82, 2.24) is 19.5 Å². The predicted molar refractivity (Wildman–Crippen MR) is 107 cm³/mol. The smallest absolute Gasteiger partial charge is 0.349 e. The number of aryl methyl sites for hydroxylation is 2. The van der Waals surface area contributed by atoms with Gasteiger partial charge in [0.1, 0.15) is 0 Å². The molecule has 0 saturated carbocycles. The first-order valence-corrected chi connectivity index (χ1v) is 9.05. The number of nitrogens with one attached hydrogen (secondary N) is 1. The van der Waals surface area contributed by atoms with Crippen molar-refractivity contribution in [3.05, 3.63) is 80.0 Å². The van der Waals surface area contributed by atoms with Gasteiger partial charge in [-0.25, -0.2) is 9.78 Å². The van der Waals surface area contributed by atoms with Crippen LogP contribution in [0.5, 0.6) is 0 Å². The summed E-state index contributed by atoms with van der Waals surface area (Å²) in [5, 5.41) is 10.7. The average Bonchev–Trinajstić information content (AvgIpc) is 2.64. The lowest BCUT2D eigenvalue weighted by atomic mass is 10.1. The molecule has 0 amide bonds. The summed E-state index contributed by atoms with van der Waals surface area (Å²) in [5.74, 6) is 0.176. The van der Waals surface area contributed by atoms with E-state index in [-0.39, 0.29) is 18.1 Å². The van der Waals surface area contributed by atoms with E-state index in [1.165, 1.54) is 0 Å². The van der Waals surface area contributed by atoms with Gasteiger partial charge in [-0.05, 0) is 37.1 Å². The van der Waals surface area contributed by atoms with E-state index in [0.717, 1.165) is 16.7 Å². The summed E-state index contributed by atoms with van der Waals surface area (Å²) in [6.45, 7) is 4.14. The third kappa shape index (κ3) is 3.44. The lowest BCUT2D eigenvalue weighted by Crippen LogP contribution is -2.30. The Hall–Kier alpha value is -3.32. The van der Waals surface area contributed by atoms with Crippen LogP contribution in [0.1, 0.15) is 16.7 Å². The van der Waals surface area contributed by atoms with Crippen molar-refractivity contribution in [3.8, 4) is 11.5 Å². The van der Waals surface area contributed by atoms with E-state index in [9.17, 15) is 14.7 Å². The molecule has 0 aliphatic carbocycles. The second kappa shape index (κ2) is 7.01. The molecule has 2 aromatic carbocycles. The molecule has 0 saturated heterocycles. The lowest BCUT2D eigenvalue weighted by Gasteiger charge is -2.20. The number of benzene rings is 2. The van der Waals surface area contributed by atoms with Gasteiger partial charge in [-0.2, -0.15) is 4.98 Å². The van der Waals surface area contributed by atoms with Crippen molar-refractivity contribution in [3.63, 3.8) is 0 Å². The van der Waals surface area contributed by atoms with Crippen molar-refractivity contribution in [1.29, 1.82) is 0 Å². The Kier molecular flexibility index (Phi) is 4.52. The summed E-state index contributed by atoms with van der Waals surface area (Å²) < 4.78 is 1.71. The van der Waals surface area contributed by atoms with Gasteiger partial charge in [-0.15, -0.1) is 0 Å². The molecule has 2 N–H and O–H groups in total. The second-order valence-electron chi connectivity index (χ2n) is 7.10. The topological polar surface area (TPSA) is 101 Å². The number of rotatable bonds is 4. The number of nitrogens with zero attached hydrogens (tertiary/aromatic N) is 3. The van der Waals surface area contributed by atoms with Crippen LogP contribution in [0, 0.1) is 13.8 Å². The molecule has 1 unspecified atom stereocenters. The highest BCUT2D eigenvalue weighted by molar-refractivity contribution is 5.80. The molecule has 2 aliphatic heterocycles. The number of hydrogen-bond donors (Lipinski definition) is 2. The molecule has 142 valence electrons. The molecule has 0 spiro atoms. The van der Waals surface area contributed by atoms with Gasteiger partial charge in [-0.3, -0.25) is 9.78 Å². The minimum absolute atomic E-state index is 0.0819. The molecule has 28 heavy (non-hydrogen) atoms. The van der Waals surface area contributed by atoms with Gasteiger partial charge < -0.3 is 9.67 Å². The Bertz CT molecular complexity index is 1240. The van der Waals surface area contributed by atoms with Crippen LogP contribution in [0.25, 0.3) is 22.6 Å². The third-order valence-corrected chi connectivity index (χ3v) is 4.75. The minimum Gasteiger partial charge on any atom is -0.391 e. The standard InChI is InChI=1S/C21H20N4O3/c1-12-3-6-14(7-4-12)10-15(26)11-25-17-9-13(2)5-8-16(17)22-18-19(25)23-21(28)24-20(18)27/h3-9,15,26H,10-11H2,1-2H3,(H,24,27,28). The fourth-order valence-corrected chi connectivity index (χ4v) is 3.36. The number of aromatic amines is 1. The summed E-state index contributed by atoms with van der Waals surface area (Å²) >= 11 is 0. The van der Waals surface area contributed by atoms with Gasteiger partial charge in [0.15, 0.2) is 11.5 Å². The normalized spacial score (nSPS) is 12.5. The summed E-state index contributed by atoms with van der Waals surface area (Å²) in [6.07, 6.45) is -0.282. The zero-order valence-corrected chi connectivity index (χ0v) is 15.6. The van der Waals surface area contributed by atoms with Crippen molar-refractivity contribution in [2.75, 3.05) is 0 Å². The van der Waals surface area contributed by atoms with Crippen molar-refractivity contribution in [2.24, 2.45) is 0 Å². The van der Waals surface area contributed by atoms with Crippen LogP contribution in [-0.2, 0) is 13.0 Å². The molecule has 0 bridgehead atoms. The van der Waals surface area contributed by atoms with Crippen LogP contribution < -0.4 is 11.2 Å². The fraction of sp³-hybridized carbons (Fsp3) is 0.238. The Morgan fingerprint density at radius 2 is 1.75 bits per heavy atom. The van der Waals surface area contributed by atoms with Gasteiger partial charge in [0.2, 0.25) is 0 Å². The van der Waals surface area contributed by atoms with Crippen LogP contribution >= 0.6 is 0 Å². The molecule has 2 aliphatic rings. The quantitative estimate of drug-likeness (QED) is 0.529. The Labute approximate surface area is 160 Å². The number of fused-ring (bicyclic) bond motifs is 2. The van der Waals surface area contributed by atoms with Gasteiger partial charge >= 0.3 is 5.69 Å². The number of hydrogen-bond acceptors (Lipinski definition) is 5. The molecule has 2 aromatic rings. The molecule has 7 heteroatoms. The highest BCUT2D eigenvalue weighted by Crippen LogP contribution is 2.22. The van der Waals surface area contributed by atoms with E-state index in [1.54, 1.807) is 4.57 Å². The van der Waals surface area contributed by atoms with Crippen LogP contribution in [-0.4, -0.2) is 30.7 Å². The van der Waals surface area contributed by atoms with E-state index in [4.69, 9.17) is 0 Å².